The predicted octanol–water partition coefficient (Wildman–Crippen LogP) is 6.32. The van der Waals surface area contributed by atoms with Crippen molar-refractivity contribution in [1.29, 1.82) is 0 Å². The normalized spacial score (nSPS) is 11.8. The maximum atomic E-state index is 12.8. The van der Waals surface area contributed by atoms with Gasteiger partial charge in [-0.3, -0.25) is 0 Å². The highest BCUT2D eigenvalue weighted by molar-refractivity contribution is 5.91. The third-order valence-corrected chi connectivity index (χ3v) is 4.57. The van der Waals surface area contributed by atoms with Crippen LogP contribution in [0, 0.1) is 0 Å². The number of hydrogen-bond donors (Lipinski definition) is 2. The summed E-state index contributed by atoms with van der Waals surface area (Å²) in [7, 11) is 0. The Hall–Kier alpha value is -2.50. The number of carbonyl (C=O) groups is 1. The lowest BCUT2D eigenvalue weighted by molar-refractivity contribution is -0.137. The molecule has 2 N–H and O–H groups in total. The molecule has 28 heavy (non-hydrogen) atoms. The zero-order chi connectivity index (χ0) is 20.9. The van der Waals surface area contributed by atoms with Crippen LogP contribution in [0.2, 0.25) is 0 Å². The summed E-state index contributed by atoms with van der Waals surface area (Å²) < 4.78 is 38.4. The molecule has 0 saturated heterocycles. The van der Waals surface area contributed by atoms with E-state index < -0.39 is 11.7 Å². The van der Waals surface area contributed by atoms with E-state index in [1.807, 2.05) is 18.2 Å². The van der Waals surface area contributed by atoms with Gasteiger partial charge in [-0.05, 0) is 41.0 Å². The zero-order valence-corrected chi connectivity index (χ0v) is 16.7. The molecular weight excluding hydrogens is 365 g/mol. The quantitative estimate of drug-likeness (QED) is 0.594. The summed E-state index contributed by atoms with van der Waals surface area (Å²) >= 11 is 0. The molecule has 2 aromatic carbocycles. The second kappa shape index (κ2) is 9.13. The molecule has 0 spiro atoms. The summed E-state index contributed by atoms with van der Waals surface area (Å²) in [5.41, 5.74) is 2.77. The highest BCUT2D eigenvalue weighted by atomic mass is 19.4. The molecule has 0 aliphatic rings. The maximum absolute atomic E-state index is 12.8. The monoisotopic (exact) mass is 392 g/mol. The van der Waals surface area contributed by atoms with Crippen LogP contribution in [0.1, 0.15) is 61.8 Å². The van der Waals surface area contributed by atoms with Crippen molar-refractivity contribution in [3.63, 3.8) is 0 Å². The topological polar surface area (TPSA) is 41.1 Å². The lowest BCUT2D eigenvalue weighted by atomic mass is 9.93. The number of anilines is 1. The molecule has 2 aromatic rings. The molecule has 0 aliphatic heterocycles. The Kier molecular flexibility index (Phi) is 7.11. The van der Waals surface area contributed by atoms with Gasteiger partial charge in [-0.1, -0.05) is 64.1 Å². The standard InChI is InChI=1S/C22H27F3N2O/c1-14(2)18-9-6-10-19(15(3)4)20(18)27-21(28)26-12-11-16-7-5-8-17(13-16)22(23,24)25/h5-10,13-15H,11-12H2,1-4H3,(H2,26,27,28). The second-order valence-electron chi connectivity index (χ2n) is 7.45. The number of rotatable bonds is 6. The number of nitrogens with one attached hydrogen (secondary N) is 2. The van der Waals surface area contributed by atoms with Gasteiger partial charge in [0, 0.05) is 12.2 Å². The average Bonchev–Trinajstić information content (AvgIpc) is 2.61. The third-order valence-electron chi connectivity index (χ3n) is 4.57. The Morgan fingerprint density at radius 2 is 1.54 bits per heavy atom. The van der Waals surface area contributed by atoms with Gasteiger partial charge in [0.05, 0.1) is 5.56 Å². The molecule has 0 aliphatic carbocycles. The Balaban J connectivity index is 2.02. The maximum Gasteiger partial charge on any atom is 0.416 e. The van der Waals surface area contributed by atoms with E-state index in [1.54, 1.807) is 6.07 Å². The van der Waals surface area contributed by atoms with E-state index in [-0.39, 0.29) is 24.4 Å². The number of benzene rings is 2. The summed E-state index contributed by atoms with van der Waals surface area (Å²) in [4.78, 5) is 12.4. The number of para-hydroxylation sites is 1. The van der Waals surface area contributed by atoms with Crippen molar-refractivity contribution in [3.8, 4) is 0 Å². The molecule has 3 nitrogen and oxygen atoms in total. The van der Waals surface area contributed by atoms with Crippen LogP contribution in [-0.2, 0) is 12.6 Å². The highest BCUT2D eigenvalue weighted by Crippen LogP contribution is 2.32. The van der Waals surface area contributed by atoms with Gasteiger partial charge < -0.3 is 10.6 Å². The van der Waals surface area contributed by atoms with E-state index >= 15 is 0 Å². The molecule has 0 aromatic heterocycles. The Bertz CT molecular complexity index is 787. The average molecular weight is 392 g/mol. The predicted molar refractivity (Wildman–Crippen MR) is 107 cm³/mol. The molecule has 2 amide bonds. The summed E-state index contributed by atoms with van der Waals surface area (Å²) in [5.74, 6) is 0.498. The van der Waals surface area contributed by atoms with Crippen molar-refractivity contribution < 1.29 is 18.0 Å². The van der Waals surface area contributed by atoms with Crippen molar-refractivity contribution in [2.75, 3.05) is 11.9 Å². The van der Waals surface area contributed by atoms with E-state index in [0.29, 0.717) is 12.0 Å². The summed E-state index contributed by atoms with van der Waals surface area (Å²) in [6.07, 6.45) is -4.05. The van der Waals surface area contributed by atoms with E-state index in [1.165, 1.54) is 6.07 Å². The van der Waals surface area contributed by atoms with Gasteiger partial charge in [-0.15, -0.1) is 0 Å². The molecule has 152 valence electrons. The fourth-order valence-electron chi connectivity index (χ4n) is 3.08. The molecule has 2 rings (SSSR count). The SMILES string of the molecule is CC(C)c1cccc(C(C)C)c1NC(=O)NCCc1cccc(C(F)(F)F)c1. The van der Waals surface area contributed by atoms with Crippen LogP contribution in [0.15, 0.2) is 42.5 Å². The van der Waals surface area contributed by atoms with E-state index in [4.69, 9.17) is 0 Å². The molecule has 0 atom stereocenters. The minimum atomic E-state index is -4.37. The molecule has 0 radical (unpaired) electrons. The van der Waals surface area contributed by atoms with Gasteiger partial charge in [0.25, 0.3) is 0 Å². The number of amides is 2. The van der Waals surface area contributed by atoms with Crippen LogP contribution in [0.4, 0.5) is 23.7 Å². The van der Waals surface area contributed by atoms with Gasteiger partial charge >= 0.3 is 12.2 Å². The molecule has 6 heteroatoms. The van der Waals surface area contributed by atoms with E-state index in [0.717, 1.165) is 28.9 Å². The summed E-state index contributed by atoms with van der Waals surface area (Å²) in [6, 6.07) is 10.8. The second-order valence-corrected chi connectivity index (χ2v) is 7.45. The van der Waals surface area contributed by atoms with Gasteiger partial charge in [0.1, 0.15) is 0 Å². The van der Waals surface area contributed by atoms with Crippen LogP contribution in [0.3, 0.4) is 0 Å². The van der Waals surface area contributed by atoms with Crippen molar-refractivity contribution in [2.45, 2.75) is 52.1 Å². The first-order valence-electron chi connectivity index (χ1n) is 9.43. The van der Waals surface area contributed by atoms with Crippen LogP contribution < -0.4 is 10.6 Å². The van der Waals surface area contributed by atoms with E-state index in [9.17, 15) is 18.0 Å². The largest absolute Gasteiger partial charge is 0.416 e. The molecule has 0 unspecified atom stereocenters. The van der Waals surface area contributed by atoms with E-state index in [2.05, 4.69) is 38.3 Å². The van der Waals surface area contributed by atoms with Crippen molar-refractivity contribution in [3.05, 3.63) is 64.7 Å². The van der Waals surface area contributed by atoms with Gasteiger partial charge in [0.15, 0.2) is 0 Å². The highest BCUT2D eigenvalue weighted by Gasteiger charge is 2.30. The van der Waals surface area contributed by atoms with Crippen LogP contribution in [0.25, 0.3) is 0 Å². The molecular formula is C22H27F3N2O. The van der Waals surface area contributed by atoms with Crippen molar-refractivity contribution in [2.24, 2.45) is 0 Å². The minimum absolute atomic E-state index is 0.244. The number of halogens is 3. The van der Waals surface area contributed by atoms with Crippen molar-refractivity contribution in [1.82, 2.24) is 5.32 Å². The number of carbonyl (C=O) groups excluding carboxylic acids is 1. The van der Waals surface area contributed by atoms with Gasteiger partial charge in [-0.25, -0.2) is 4.79 Å². The fraction of sp³-hybridized carbons (Fsp3) is 0.409. The first kappa shape index (κ1) is 21.8. The number of alkyl halides is 3. The molecule has 0 heterocycles. The molecule has 0 bridgehead atoms. The Morgan fingerprint density at radius 3 is 2.07 bits per heavy atom. The fourth-order valence-corrected chi connectivity index (χ4v) is 3.08. The van der Waals surface area contributed by atoms with Gasteiger partial charge in [0.2, 0.25) is 0 Å². The summed E-state index contributed by atoms with van der Waals surface area (Å²) in [5, 5.41) is 5.67. The van der Waals surface area contributed by atoms with Crippen LogP contribution in [0.5, 0.6) is 0 Å². The lowest BCUT2D eigenvalue weighted by Crippen LogP contribution is -2.31. The molecule has 0 saturated carbocycles. The summed E-state index contributed by atoms with van der Waals surface area (Å²) in [6.45, 7) is 8.51. The number of urea groups is 1. The lowest BCUT2D eigenvalue weighted by Gasteiger charge is -2.20. The van der Waals surface area contributed by atoms with Gasteiger partial charge in [-0.2, -0.15) is 13.2 Å². The minimum Gasteiger partial charge on any atom is -0.338 e. The first-order chi connectivity index (χ1) is 13.1. The Morgan fingerprint density at radius 1 is 0.964 bits per heavy atom. The smallest absolute Gasteiger partial charge is 0.338 e. The third kappa shape index (κ3) is 5.75. The first-order valence-corrected chi connectivity index (χ1v) is 9.43. The number of hydrogen-bond acceptors (Lipinski definition) is 1. The Labute approximate surface area is 164 Å². The van der Waals surface area contributed by atoms with Crippen LogP contribution >= 0.6 is 0 Å². The zero-order valence-electron chi connectivity index (χ0n) is 16.7. The van der Waals surface area contributed by atoms with Crippen LogP contribution in [-0.4, -0.2) is 12.6 Å². The molecule has 0 fully saturated rings. The van der Waals surface area contributed by atoms with Crippen molar-refractivity contribution >= 4 is 11.7 Å².